The molecule has 0 aliphatic heterocycles. The second kappa shape index (κ2) is 6.60. The van der Waals surface area contributed by atoms with Crippen molar-refractivity contribution in [1.29, 1.82) is 0 Å². The maximum atomic E-state index is 5.60. The third-order valence-electron chi connectivity index (χ3n) is 1.26. The summed E-state index contributed by atoms with van der Waals surface area (Å²) in [6.07, 6.45) is 0. The summed E-state index contributed by atoms with van der Waals surface area (Å²) >= 11 is 0. The molecular formula is C8H21NO2Si. The van der Waals surface area contributed by atoms with Crippen LogP contribution in [0.2, 0.25) is 19.6 Å². The minimum atomic E-state index is -1.32. The summed E-state index contributed by atoms with van der Waals surface area (Å²) in [5.74, 6) is 0. The Morgan fingerprint density at radius 3 is 2.25 bits per heavy atom. The molecule has 0 heterocycles. The van der Waals surface area contributed by atoms with Crippen molar-refractivity contribution in [1.82, 2.24) is 5.32 Å². The van der Waals surface area contributed by atoms with Crippen molar-refractivity contribution < 1.29 is 9.16 Å². The molecule has 0 saturated carbocycles. The Kier molecular flexibility index (Phi) is 6.65. The van der Waals surface area contributed by atoms with Gasteiger partial charge in [-0.2, -0.15) is 0 Å². The zero-order valence-corrected chi connectivity index (χ0v) is 9.64. The molecule has 0 saturated heterocycles. The van der Waals surface area contributed by atoms with Crippen molar-refractivity contribution in [3.05, 3.63) is 0 Å². The monoisotopic (exact) mass is 191 g/mol. The van der Waals surface area contributed by atoms with Gasteiger partial charge in [-0.3, -0.25) is 0 Å². The number of ether oxygens (including phenoxy) is 1. The van der Waals surface area contributed by atoms with Crippen LogP contribution < -0.4 is 5.32 Å². The summed E-state index contributed by atoms with van der Waals surface area (Å²) in [7, 11) is 0.597. The molecule has 0 unspecified atom stereocenters. The fraction of sp³-hybridized carbons (Fsp3) is 1.00. The molecule has 0 aromatic rings. The molecule has 0 amide bonds. The summed E-state index contributed by atoms with van der Waals surface area (Å²) in [6, 6.07) is 0. The largest absolute Gasteiger partial charge is 0.415 e. The van der Waals surface area contributed by atoms with Gasteiger partial charge >= 0.3 is 0 Å². The molecule has 0 radical (unpaired) electrons. The zero-order chi connectivity index (χ0) is 9.45. The van der Waals surface area contributed by atoms with E-state index in [9.17, 15) is 0 Å². The molecule has 0 fully saturated rings. The average molecular weight is 191 g/mol. The van der Waals surface area contributed by atoms with E-state index < -0.39 is 8.32 Å². The molecular weight excluding hydrogens is 170 g/mol. The second-order valence-corrected chi connectivity index (χ2v) is 8.19. The maximum absolute atomic E-state index is 5.60. The summed E-state index contributed by atoms with van der Waals surface area (Å²) in [5.41, 5.74) is 0. The molecule has 74 valence electrons. The molecule has 0 rings (SSSR count). The Hall–Kier alpha value is 0.0969. The SMILES string of the molecule is CNCCOCCO[Si](C)(C)C. The summed E-state index contributed by atoms with van der Waals surface area (Å²) in [6.45, 7) is 9.67. The normalized spacial score (nSPS) is 12.0. The van der Waals surface area contributed by atoms with Crippen LogP contribution in [0.1, 0.15) is 0 Å². The van der Waals surface area contributed by atoms with Gasteiger partial charge in [0.25, 0.3) is 0 Å². The summed E-state index contributed by atoms with van der Waals surface area (Å²) in [5, 5.41) is 3.02. The van der Waals surface area contributed by atoms with Crippen LogP contribution in [0.15, 0.2) is 0 Å². The van der Waals surface area contributed by atoms with Crippen LogP contribution in [0, 0.1) is 0 Å². The number of hydrogen-bond acceptors (Lipinski definition) is 3. The Morgan fingerprint density at radius 2 is 1.75 bits per heavy atom. The topological polar surface area (TPSA) is 30.5 Å². The van der Waals surface area contributed by atoms with E-state index in [4.69, 9.17) is 9.16 Å². The highest BCUT2D eigenvalue weighted by molar-refractivity contribution is 6.69. The Morgan fingerprint density at radius 1 is 1.08 bits per heavy atom. The smallest absolute Gasteiger partial charge is 0.183 e. The minimum absolute atomic E-state index is 0.714. The average Bonchev–Trinajstić information content (AvgIpc) is 1.94. The van der Waals surface area contributed by atoms with E-state index in [2.05, 4.69) is 25.0 Å². The van der Waals surface area contributed by atoms with Gasteiger partial charge in [-0.1, -0.05) is 0 Å². The Bertz CT molecular complexity index is 104. The third-order valence-corrected chi connectivity index (χ3v) is 2.33. The molecule has 3 nitrogen and oxygen atoms in total. The van der Waals surface area contributed by atoms with Gasteiger partial charge in [0, 0.05) is 6.54 Å². The van der Waals surface area contributed by atoms with E-state index in [1.165, 1.54) is 0 Å². The van der Waals surface area contributed by atoms with E-state index in [0.29, 0.717) is 6.61 Å². The van der Waals surface area contributed by atoms with E-state index in [1.807, 2.05) is 7.05 Å². The van der Waals surface area contributed by atoms with Gasteiger partial charge in [0.15, 0.2) is 8.32 Å². The van der Waals surface area contributed by atoms with Crippen molar-refractivity contribution in [2.75, 3.05) is 33.4 Å². The lowest BCUT2D eigenvalue weighted by molar-refractivity contribution is 0.100. The van der Waals surface area contributed by atoms with Gasteiger partial charge < -0.3 is 14.5 Å². The lowest BCUT2D eigenvalue weighted by Gasteiger charge is -2.16. The van der Waals surface area contributed by atoms with Crippen LogP contribution in [-0.4, -0.2) is 41.7 Å². The van der Waals surface area contributed by atoms with Gasteiger partial charge in [-0.05, 0) is 26.7 Å². The first-order valence-corrected chi connectivity index (χ1v) is 7.83. The van der Waals surface area contributed by atoms with Crippen molar-refractivity contribution in [3.8, 4) is 0 Å². The third kappa shape index (κ3) is 10.1. The lowest BCUT2D eigenvalue weighted by Crippen LogP contribution is -2.27. The fourth-order valence-corrected chi connectivity index (χ4v) is 1.38. The number of rotatable bonds is 7. The first-order chi connectivity index (χ1) is 5.56. The summed E-state index contributed by atoms with van der Waals surface area (Å²) in [4.78, 5) is 0. The summed E-state index contributed by atoms with van der Waals surface area (Å²) < 4.78 is 10.9. The lowest BCUT2D eigenvalue weighted by atomic mass is 10.7. The van der Waals surface area contributed by atoms with E-state index in [-0.39, 0.29) is 0 Å². The molecule has 0 atom stereocenters. The van der Waals surface area contributed by atoms with Crippen molar-refractivity contribution in [2.45, 2.75) is 19.6 Å². The van der Waals surface area contributed by atoms with Crippen LogP contribution >= 0.6 is 0 Å². The first-order valence-electron chi connectivity index (χ1n) is 4.42. The highest BCUT2D eigenvalue weighted by Crippen LogP contribution is 2.01. The van der Waals surface area contributed by atoms with Crippen molar-refractivity contribution >= 4 is 8.32 Å². The number of likely N-dealkylation sites (N-methyl/N-ethyl adjacent to an activating group) is 1. The van der Waals surface area contributed by atoms with Gasteiger partial charge in [0.2, 0.25) is 0 Å². The van der Waals surface area contributed by atoms with Gasteiger partial charge in [-0.25, -0.2) is 0 Å². The van der Waals surface area contributed by atoms with E-state index in [1.54, 1.807) is 0 Å². The van der Waals surface area contributed by atoms with Crippen LogP contribution in [0.25, 0.3) is 0 Å². The highest BCUT2D eigenvalue weighted by Gasteiger charge is 2.12. The molecule has 0 aromatic carbocycles. The van der Waals surface area contributed by atoms with Crippen LogP contribution in [-0.2, 0) is 9.16 Å². The first kappa shape index (κ1) is 12.1. The number of hydrogen-bond donors (Lipinski definition) is 1. The molecule has 12 heavy (non-hydrogen) atoms. The Labute approximate surface area is 76.6 Å². The molecule has 0 aromatic heterocycles. The quantitative estimate of drug-likeness (QED) is 0.482. The zero-order valence-electron chi connectivity index (χ0n) is 8.64. The van der Waals surface area contributed by atoms with E-state index in [0.717, 1.165) is 19.8 Å². The van der Waals surface area contributed by atoms with Gasteiger partial charge in [-0.15, -0.1) is 0 Å². The molecule has 0 aliphatic rings. The fourth-order valence-electron chi connectivity index (χ4n) is 0.683. The van der Waals surface area contributed by atoms with Gasteiger partial charge in [0.05, 0.1) is 19.8 Å². The van der Waals surface area contributed by atoms with Crippen LogP contribution in [0.5, 0.6) is 0 Å². The molecule has 0 spiro atoms. The van der Waals surface area contributed by atoms with Crippen LogP contribution in [0.4, 0.5) is 0 Å². The Balaban J connectivity index is 3.01. The van der Waals surface area contributed by atoms with Crippen LogP contribution in [0.3, 0.4) is 0 Å². The molecule has 0 aliphatic carbocycles. The van der Waals surface area contributed by atoms with E-state index >= 15 is 0 Å². The number of nitrogens with one attached hydrogen (secondary N) is 1. The predicted octanol–water partition coefficient (Wildman–Crippen LogP) is 1.07. The standard InChI is InChI=1S/C8H21NO2Si/c1-9-5-6-10-7-8-11-12(2,3)4/h9H,5-8H2,1-4H3. The highest BCUT2D eigenvalue weighted by atomic mass is 28.4. The van der Waals surface area contributed by atoms with Gasteiger partial charge in [0.1, 0.15) is 0 Å². The molecule has 1 N–H and O–H groups in total. The second-order valence-electron chi connectivity index (χ2n) is 3.68. The maximum Gasteiger partial charge on any atom is 0.183 e. The predicted molar refractivity (Wildman–Crippen MR) is 54.0 cm³/mol. The minimum Gasteiger partial charge on any atom is -0.415 e. The van der Waals surface area contributed by atoms with Crippen molar-refractivity contribution in [2.24, 2.45) is 0 Å². The van der Waals surface area contributed by atoms with Crippen molar-refractivity contribution in [3.63, 3.8) is 0 Å². The molecule has 0 bridgehead atoms. The molecule has 4 heteroatoms.